The number of hydrogen-bond donors (Lipinski definition) is 1. The van der Waals surface area contributed by atoms with Crippen molar-refractivity contribution in [2.75, 3.05) is 0 Å². The normalized spacial score (nSPS) is 12.9. The van der Waals surface area contributed by atoms with E-state index in [0.29, 0.717) is 0 Å². The molecule has 148 valence electrons. The molecule has 2 rings (SSSR count). The van der Waals surface area contributed by atoms with Gasteiger partial charge in [0.1, 0.15) is 5.60 Å². The fourth-order valence-electron chi connectivity index (χ4n) is 2.32. The van der Waals surface area contributed by atoms with E-state index < -0.39 is 22.7 Å². The topological polar surface area (TPSA) is 81.5 Å². The highest BCUT2D eigenvalue weighted by Gasteiger charge is 2.23. The number of aryl methyl sites for hydroxylation is 1. The molecule has 0 heterocycles. The third-order valence-electron chi connectivity index (χ3n) is 3.56. The number of carbonyl (C=O) groups is 1. The summed E-state index contributed by atoms with van der Waals surface area (Å²) in [7, 11) is 0. The molecule has 0 aliphatic rings. The molecule has 0 spiro atoms. The van der Waals surface area contributed by atoms with E-state index in [1.54, 1.807) is 32.9 Å². The molecule has 0 saturated heterocycles. The van der Waals surface area contributed by atoms with E-state index >= 15 is 0 Å². The second-order valence-corrected chi connectivity index (χ2v) is 8.31. The van der Waals surface area contributed by atoms with Crippen LogP contribution in [-0.4, -0.2) is 16.6 Å². The van der Waals surface area contributed by atoms with Gasteiger partial charge in [-0.15, -0.1) is 0 Å². The Morgan fingerprint density at radius 2 is 1.75 bits per heavy atom. The van der Waals surface area contributed by atoms with Crippen LogP contribution in [0.3, 0.4) is 0 Å². The van der Waals surface area contributed by atoms with Crippen molar-refractivity contribution in [3.05, 3.63) is 86.9 Å². The Hall–Kier alpha value is -2.80. The van der Waals surface area contributed by atoms with Gasteiger partial charge in [0.15, 0.2) is 0 Å². The predicted molar refractivity (Wildman–Crippen MR) is 111 cm³/mol. The second kappa shape index (κ2) is 9.41. The van der Waals surface area contributed by atoms with Gasteiger partial charge in [0.25, 0.3) is 0 Å². The van der Waals surface area contributed by atoms with E-state index in [1.165, 1.54) is 6.08 Å². The molecular formula is C21H24N2O4S. The van der Waals surface area contributed by atoms with Crippen molar-refractivity contribution in [3.8, 4) is 0 Å². The van der Waals surface area contributed by atoms with Gasteiger partial charge >= 0.3 is 11.1 Å². The van der Waals surface area contributed by atoms with Crippen molar-refractivity contribution in [1.82, 2.24) is 5.32 Å². The van der Waals surface area contributed by atoms with Crippen molar-refractivity contribution in [1.29, 1.82) is 0 Å². The molecule has 0 bridgehead atoms. The van der Waals surface area contributed by atoms with E-state index in [1.807, 2.05) is 49.4 Å². The lowest BCUT2D eigenvalue weighted by molar-refractivity contribution is -0.410. The smallest absolute Gasteiger partial charge is 0.408 e. The summed E-state index contributed by atoms with van der Waals surface area (Å²) in [4.78, 5) is 24.2. The molecule has 1 unspecified atom stereocenters. The summed E-state index contributed by atoms with van der Waals surface area (Å²) in [6.45, 7) is 7.23. The van der Waals surface area contributed by atoms with Gasteiger partial charge in [-0.25, -0.2) is 4.79 Å². The molecule has 1 N–H and O–H groups in total. The van der Waals surface area contributed by atoms with Crippen LogP contribution >= 0.6 is 11.8 Å². The van der Waals surface area contributed by atoms with Crippen molar-refractivity contribution in [2.45, 2.75) is 44.2 Å². The Kier molecular flexibility index (Phi) is 7.23. The average molecular weight is 401 g/mol. The molecule has 0 aliphatic carbocycles. The number of nitrogens with zero attached hydrogens (tertiary/aromatic N) is 1. The van der Waals surface area contributed by atoms with Crippen LogP contribution in [0, 0.1) is 17.0 Å². The summed E-state index contributed by atoms with van der Waals surface area (Å²) in [5, 5.41) is 14.3. The number of ether oxygens (including phenoxy) is 1. The number of rotatable bonds is 6. The minimum Gasteiger partial charge on any atom is -0.444 e. The van der Waals surface area contributed by atoms with Crippen molar-refractivity contribution in [2.24, 2.45) is 0 Å². The van der Waals surface area contributed by atoms with E-state index in [4.69, 9.17) is 4.74 Å². The SMILES string of the molecule is Cc1ccc(S/C(=C\C(NC(=O)OC(C)(C)C)c2ccccc2)[N+](=O)[O-])cc1. The number of nitro groups is 1. The van der Waals surface area contributed by atoms with Gasteiger partial charge in [-0.3, -0.25) is 10.1 Å². The zero-order chi connectivity index (χ0) is 20.7. The van der Waals surface area contributed by atoms with Gasteiger partial charge in [0, 0.05) is 11.0 Å². The Balaban J connectivity index is 2.32. The van der Waals surface area contributed by atoms with Gasteiger partial charge in [0.2, 0.25) is 0 Å². The molecule has 1 amide bonds. The van der Waals surface area contributed by atoms with Gasteiger partial charge in [-0.05, 0) is 57.2 Å². The molecule has 28 heavy (non-hydrogen) atoms. The highest BCUT2D eigenvalue weighted by Crippen LogP contribution is 2.30. The van der Waals surface area contributed by atoms with Crippen LogP contribution in [0.1, 0.15) is 37.9 Å². The van der Waals surface area contributed by atoms with E-state index in [0.717, 1.165) is 27.8 Å². The molecular weight excluding hydrogens is 376 g/mol. The summed E-state index contributed by atoms with van der Waals surface area (Å²) < 4.78 is 5.31. The van der Waals surface area contributed by atoms with Gasteiger partial charge < -0.3 is 10.1 Å². The quantitative estimate of drug-likeness (QED) is 0.395. The lowest BCUT2D eigenvalue weighted by Crippen LogP contribution is -2.34. The maximum atomic E-state index is 12.3. The van der Waals surface area contributed by atoms with E-state index in [-0.39, 0.29) is 5.03 Å². The minimum absolute atomic E-state index is 0.0752. The standard InChI is InChI=1S/C21H24N2O4S/c1-15-10-12-17(13-11-15)28-19(23(25)26)14-18(16-8-6-5-7-9-16)22-20(24)27-21(2,3)4/h5-14,18H,1-4H3,(H,22,24)/b19-14-. The number of benzene rings is 2. The summed E-state index contributed by atoms with van der Waals surface area (Å²) in [6.07, 6.45) is 0.796. The van der Waals surface area contributed by atoms with E-state index in [2.05, 4.69) is 5.32 Å². The summed E-state index contributed by atoms with van der Waals surface area (Å²) in [5.74, 6) is 0. The third-order valence-corrected chi connectivity index (χ3v) is 4.57. The number of alkyl carbamates (subject to hydrolysis) is 1. The zero-order valence-electron chi connectivity index (χ0n) is 16.3. The first-order chi connectivity index (χ1) is 13.1. The number of carbonyl (C=O) groups excluding carboxylic acids is 1. The predicted octanol–water partition coefficient (Wildman–Crippen LogP) is 5.47. The second-order valence-electron chi connectivity index (χ2n) is 7.21. The van der Waals surface area contributed by atoms with Gasteiger partial charge in [-0.2, -0.15) is 0 Å². The molecule has 6 nitrogen and oxygen atoms in total. The molecule has 2 aromatic carbocycles. The summed E-state index contributed by atoms with van der Waals surface area (Å²) in [5.41, 5.74) is 1.12. The van der Waals surface area contributed by atoms with Crippen LogP contribution in [0.25, 0.3) is 0 Å². The lowest BCUT2D eigenvalue weighted by Gasteiger charge is -2.22. The molecule has 1 atom stereocenters. The van der Waals surface area contributed by atoms with Gasteiger partial charge in [0.05, 0.1) is 11.0 Å². The number of hydrogen-bond acceptors (Lipinski definition) is 5. The highest BCUT2D eigenvalue weighted by molar-refractivity contribution is 8.02. The van der Waals surface area contributed by atoms with Gasteiger partial charge in [-0.1, -0.05) is 48.0 Å². The van der Waals surface area contributed by atoms with Crippen molar-refractivity contribution in [3.63, 3.8) is 0 Å². The maximum absolute atomic E-state index is 12.3. The largest absolute Gasteiger partial charge is 0.444 e. The van der Waals surface area contributed by atoms with Crippen LogP contribution in [0.15, 0.2) is 70.6 Å². The molecule has 7 heteroatoms. The number of amides is 1. The van der Waals surface area contributed by atoms with Crippen LogP contribution in [0.2, 0.25) is 0 Å². The number of thioether (sulfide) groups is 1. The Bertz CT molecular complexity index is 843. The first kappa shape index (κ1) is 21.5. The molecule has 0 saturated carbocycles. The first-order valence-electron chi connectivity index (χ1n) is 8.79. The number of nitrogens with one attached hydrogen (secondary N) is 1. The minimum atomic E-state index is -0.700. The maximum Gasteiger partial charge on any atom is 0.408 e. The fraction of sp³-hybridized carbons (Fsp3) is 0.286. The Morgan fingerprint density at radius 1 is 1.14 bits per heavy atom. The molecule has 0 aromatic heterocycles. The molecule has 0 fully saturated rings. The van der Waals surface area contributed by atoms with Crippen LogP contribution in [-0.2, 0) is 4.74 Å². The highest BCUT2D eigenvalue weighted by atomic mass is 32.2. The van der Waals surface area contributed by atoms with E-state index in [9.17, 15) is 14.9 Å². The first-order valence-corrected chi connectivity index (χ1v) is 9.61. The third kappa shape index (κ3) is 7.08. The average Bonchev–Trinajstić information content (AvgIpc) is 2.61. The lowest BCUT2D eigenvalue weighted by atomic mass is 10.1. The van der Waals surface area contributed by atoms with Crippen LogP contribution in [0.5, 0.6) is 0 Å². The molecule has 0 aliphatic heterocycles. The van der Waals surface area contributed by atoms with Crippen LogP contribution in [0.4, 0.5) is 4.79 Å². The van der Waals surface area contributed by atoms with Crippen molar-refractivity contribution >= 4 is 17.9 Å². The molecule has 2 aromatic rings. The Labute approximate surface area is 169 Å². The van der Waals surface area contributed by atoms with Crippen molar-refractivity contribution < 1.29 is 14.5 Å². The summed E-state index contributed by atoms with van der Waals surface area (Å²) >= 11 is 1.04. The fourth-order valence-corrected chi connectivity index (χ4v) is 3.11. The van der Waals surface area contributed by atoms with Crippen LogP contribution < -0.4 is 5.32 Å². The Morgan fingerprint density at radius 3 is 2.29 bits per heavy atom. The summed E-state index contributed by atoms with van der Waals surface area (Å²) in [6, 6.07) is 15.8. The zero-order valence-corrected chi connectivity index (χ0v) is 17.2. The molecule has 0 radical (unpaired) electrons. The monoisotopic (exact) mass is 400 g/mol.